The first-order valence-corrected chi connectivity index (χ1v) is 13.6. The molecule has 11 nitrogen and oxygen atoms in total. The fourth-order valence-electron chi connectivity index (χ4n) is 3.56. The first-order chi connectivity index (χ1) is 17.2. The fraction of sp³-hybridized carbons (Fsp3) is 0.500. The van der Waals surface area contributed by atoms with Gasteiger partial charge in [0.25, 0.3) is 0 Å². The van der Waals surface area contributed by atoms with Crippen molar-refractivity contribution < 1.29 is 28.3 Å². The number of imidazole rings is 1. The van der Waals surface area contributed by atoms with Crippen LogP contribution in [0.4, 0.5) is 5.82 Å². The van der Waals surface area contributed by atoms with Crippen molar-refractivity contribution in [1.29, 1.82) is 0 Å². The molecule has 0 fully saturated rings. The number of benzene rings is 1. The number of fused-ring (bicyclic) bond motifs is 1. The number of rotatable bonds is 14. The van der Waals surface area contributed by atoms with E-state index in [1.807, 2.05) is 24.3 Å². The highest BCUT2D eigenvalue weighted by Gasteiger charge is 2.20. The van der Waals surface area contributed by atoms with E-state index >= 15 is 0 Å². The van der Waals surface area contributed by atoms with E-state index in [1.54, 1.807) is 17.8 Å². The molecule has 2 aromatic heterocycles. The van der Waals surface area contributed by atoms with Gasteiger partial charge in [0.05, 0.1) is 32.1 Å². The number of ether oxygens (including phenoxy) is 2. The van der Waals surface area contributed by atoms with Crippen molar-refractivity contribution in [2.75, 3.05) is 31.9 Å². The third-order valence-corrected chi connectivity index (χ3v) is 6.56. The standard InChI is InChI=1S/C24H34N5O6P/c1-17(2)13-19-5-7-20(8-6-19)18(3)24(30)34-10-4-11-35-36(31,32)16-33-12-9-29-15-28-21-22(25)26-14-27-23(21)29/h5-8,14-15,17-18H,4,9-13,16H2,1-3H3,(H,31,32)(H2,25,26,27). The third-order valence-electron chi connectivity index (χ3n) is 5.46. The third kappa shape index (κ3) is 8.09. The van der Waals surface area contributed by atoms with E-state index in [-0.39, 0.29) is 31.6 Å². The van der Waals surface area contributed by atoms with Crippen LogP contribution in [0.5, 0.6) is 0 Å². The zero-order chi connectivity index (χ0) is 26.1. The number of nitrogens with two attached hydrogens (primary N) is 1. The molecule has 3 rings (SSSR count). The highest BCUT2D eigenvalue weighted by molar-refractivity contribution is 7.52. The van der Waals surface area contributed by atoms with E-state index in [4.69, 9.17) is 19.7 Å². The van der Waals surface area contributed by atoms with Crippen LogP contribution < -0.4 is 5.73 Å². The van der Waals surface area contributed by atoms with E-state index in [2.05, 4.69) is 28.8 Å². The molecule has 3 N–H and O–H groups in total. The second-order valence-electron chi connectivity index (χ2n) is 8.96. The lowest BCUT2D eigenvalue weighted by atomic mass is 9.97. The SMILES string of the molecule is CC(C)Cc1ccc(C(C)C(=O)OCCCOP(=O)(O)COCCn2cnc3c(N)ncnc32)cc1. The van der Waals surface area contributed by atoms with Gasteiger partial charge in [0.15, 0.2) is 11.5 Å². The predicted octanol–water partition coefficient (Wildman–Crippen LogP) is 3.52. The lowest BCUT2D eigenvalue weighted by molar-refractivity contribution is -0.145. The summed E-state index contributed by atoms with van der Waals surface area (Å²) in [7, 11) is -3.93. The van der Waals surface area contributed by atoms with E-state index in [1.165, 1.54) is 11.9 Å². The minimum Gasteiger partial charge on any atom is -0.465 e. The first kappa shape index (κ1) is 27.7. The molecule has 0 amide bonds. The van der Waals surface area contributed by atoms with Crippen LogP contribution in [0.3, 0.4) is 0 Å². The number of hydrogen-bond acceptors (Lipinski definition) is 9. The fourth-order valence-corrected chi connectivity index (χ4v) is 4.40. The summed E-state index contributed by atoms with van der Waals surface area (Å²) in [5, 5.41) is 0. The average Bonchev–Trinajstić information content (AvgIpc) is 3.25. The molecule has 2 heterocycles. The van der Waals surface area contributed by atoms with Gasteiger partial charge < -0.3 is 29.2 Å². The Morgan fingerprint density at radius 2 is 1.86 bits per heavy atom. The number of nitrogens with zero attached hydrogens (tertiary/aromatic N) is 4. The van der Waals surface area contributed by atoms with Crippen LogP contribution in [-0.4, -0.2) is 56.6 Å². The average molecular weight is 520 g/mol. The van der Waals surface area contributed by atoms with Crippen molar-refractivity contribution >= 4 is 30.5 Å². The monoisotopic (exact) mass is 519 g/mol. The van der Waals surface area contributed by atoms with Crippen molar-refractivity contribution in [3.8, 4) is 0 Å². The van der Waals surface area contributed by atoms with Crippen LogP contribution in [0.25, 0.3) is 11.2 Å². The molecule has 0 aliphatic rings. The molecule has 0 aliphatic carbocycles. The molecule has 0 saturated heterocycles. The largest absolute Gasteiger partial charge is 0.465 e. The molecule has 0 spiro atoms. The zero-order valence-corrected chi connectivity index (χ0v) is 21.8. The number of aromatic nitrogens is 4. The van der Waals surface area contributed by atoms with Gasteiger partial charge in [-0.15, -0.1) is 0 Å². The maximum atomic E-state index is 12.3. The van der Waals surface area contributed by atoms with Gasteiger partial charge in [-0.1, -0.05) is 38.1 Å². The highest BCUT2D eigenvalue weighted by Crippen LogP contribution is 2.41. The Hall–Kier alpha value is -2.85. The maximum absolute atomic E-state index is 12.3. The summed E-state index contributed by atoms with van der Waals surface area (Å²) >= 11 is 0. The van der Waals surface area contributed by atoms with Crippen molar-refractivity contribution in [2.45, 2.75) is 46.1 Å². The van der Waals surface area contributed by atoms with Crippen LogP contribution in [0.1, 0.15) is 44.2 Å². The molecule has 0 radical (unpaired) electrons. The van der Waals surface area contributed by atoms with Gasteiger partial charge in [-0.3, -0.25) is 9.36 Å². The summed E-state index contributed by atoms with van der Waals surface area (Å²) in [5.74, 6) is 0.108. The molecule has 3 aromatic rings. The molecule has 2 unspecified atom stereocenters. The van der Waals surface area contributed by atoms with Crippen LogP contribution >= 0.6 is 7.60 Å². The molecule has 0 bridgehead atoms. The number of anilines is 1. The minimum absolute atomic E-state index is 0.0367. The minimum atomic E-state index is -3.93. The molecule has 1 aromatic carbocycles. The Balaban J connectivity index is 1.31. The zero-order valence-electron chi connectivity index (χ0n) is 20.9. The van der Waals surface area contributed by atoms with Crippen LogP contribution in [-0.2, 0) is 36.3 Å². The van der Waals surface area contributed by atoms with Gasteiger partial charge in [-0.25, -0.2) is 15.0 Å². The van der Waals surface area contributed by atoms with Crippen molar-refractivity contribution in [2.24, 2.45) is 5.92 Å². The molecule has 0 aliphatic heterocycles. The number of carbonyl (C=O) groups is 1. The summed E-state index contributed by atoms with van der Waals surface area (Å²) in [6.07, 6.45) is 3.72. The van der Waals surface area contributed by atoms with Crippen LogP contribution in [0.15, 0.2) is 36.9 Å². The lowest BCUT2D eigenvalue weighted by Gasteiger charge is -2.14. The molecule has 2 atom stereocenters. The Labute approximate surface area is 210 Å². The normalized spacial score (nSPS) is 14.1. The highest BCUT2D eigenvalue weighted by atomic mass is 31.2. The van der Waals surface area contributed by atoms with E-state index in [0.717, 1.165) is 12.0 Å². The Morgan fingerprint density at radius 1 is 1.11 bits per heavy atom. The summed E-state index contributed by atoms with van der Waals surface area (Å²) in [6, 6.07) is 7.98. The van der Waals surface area contributed by atoms with E-state index in [0.29, 0.717) is 30.0 Å². The molecule has 36 heavy (non-hydrogen) atoms. The second kappa shape index (κ2) is 12.9. The van der Waals surface area contributed by atoms with Gasteiger partial charge in [0, 0.05) is 13.0 Å². The number of esters is 1. The van der Waals surface area contributed by atoms with Gasteiger partial charge in [0.1, 0.15) is 18.2 Å². The molecular weight excluding hydrogens is 485 g/mol. The van der Waals surface area contributed by atoms with E-state index in [9.17, 15) is 14.3 Å². The topological polar surface area (TPSA) is 152 Å². The van der Waals surface area contributed by atoms with Crippen molar-refractivity contribution in [3.05, 3.63) is 48.0 Å². The van der Waals surface area contributed by atoms with Crippen molar-refractivity contribution in [3.63, 3.8) is 0 Å². The maximum Gasteiger partial charge on any atom is 0.353 e. The quantitative estimate of drug-likeness (QED) is 0.184. The van der Waals surface area contributed by atoms with Crippen LogP contribution in [0.2, 0.25) is 0 Å². The summed E-state index contributed by atoms with van der Waals surface area (Å²) in [4.78, 5) is 34.4. The Kier molecular flexibility index (Phi) is 9.95. The van der Waals surface area contributed by atoms with Gasteiger partial charge >= 0.3 is 13.6 Å². The lowest BCUT2D eigenvalue weighted by Crippen LogP contribution is -2.15. The van der Waals surface area contributed by atoms with E-state index < -0.39 is 19.9 Å². The molecule has 196 valence electrons. The van der Waals surface area contributed by atoms with Crippen LogP contribution in [0, 0.1) is 5.92 Å². The summed E-state index contributed by atoms with van der Waals surface area (Å²) in [6.45, 7) is 6.69. The Bertz CT molecular complexity index is 1180. The first-order valence-electron chi connectivity index (χ1n) is 11.9. The van der Waals surface area contributed by atoms with Gasteiger partial charge in [-0.2, -0.15) is 0 Å². The Morgan fingerprint density at radius 3 is 2.58 bits per heavy atom. The molecule has 12 heteroatoms. The molecule has 0 saturated carbocycles. The second-order valence-corrected chi connectivity index (χ2v) is 10.8. The van der Waals surface area contributed by atoms with Crippen molar-refractivity contribution in [1.82, 2.24) is 19.5 Å². The number of nitrogen functional groups attached to an aromatic ring is 1. The van der Waals surface area contributed by atoms with Gasteiger partial charge in [-0.05, 0) is 30.4 Å². The number of carbonyl (C=O) groups excluding carboxylic acids is 1. The molecular formula is C24H34N5O6P. The van der Waals surface area contributed by atoms with Gasteiger partial charge in [0.2, 0.25) is 0 Å². The predicted molar refractivity (Wildman–Crippen MR) is 135 cm³/mol. The summed E-state index contributed by atoms with van der Waals surface area (Å²) < 4.78 is 29.5. The summed E-state index contributed by atoms with van der Waals surface area (Å²) in [5.41, 5.74) is 8.92. The smallest absolute Gasteiger partial charge is 0.353 e. The number of hydrogen-bond donors (Lipinski definition) is 2.